The van der Waals surface area contributed by atoms with Crippen molar-refractivity contribution in [3.63, 3.8) is 0 Å². The van der Waals surface area contributed by atoms with Crippen LogP contribution in [0.4, 0.5) is 10.5 Å². The molecule has 1 aromatic carbocycles. The van der Waals surface area contributed by atoms with Crippen LogP contribution in [0.3, 0.4) is 0 Å². The third kappa shape index (κ3) is 5.95. The number of nitrogens with one attached hydrogen (secondary N) is 1. The molecule has 0 aliphatic carbocycles. The molecule has 2 atom stereocenters. The van der Waals surface area contributed by atoms with Crippen LogP contribution in [-0.2, 0) is 11.3 Å². The Morgan fingerprint density at radius 3 is 2.48 bits per heavy atom. The lowest BCUT2D eigenvalue weighted by atomic mass is 10.2. The average Bonchev–Trinajstić information content (AvgIpc) is 3.19. The molecule has 3 rings (SSSR count). The molecule has 1 N–H and O–H groups in total. The number of urea groups is 1. The number of ether oxygens (including phenoxy) is 2. The monoisotopic (exact) mass is 446 g/mol. The normalized spacial score (nSPS) is 18.7. The summed E-state index contributed by atoms with van der Waals surface area (Å²) in [6.45, 7) is 9.26. The fraction of sp³-hybridized carbons (Fsp3) is 0.500. The number of nitrogens with zero attached hydrogens (tertiary/aromatic N) is 3. The standard InChI is InChI=1S/C22H30N4O4S/c1-14(2)26(22(28)23-17-6-8-18(29-5)9-7-17)12-20-24-19(13-31-20)21(27)25-10-15(3)30-16(4)11-25/h6-9,13-16H,10-12H2,1-5H3,(H,23,28). The van der Waals surface area contributed by atoms with Gasteiger partial charge in [-0.25, -0.2) is 9.78 Å². The van der Waals surface area contributed by atoms with E-state index in [1.807, 2.05) is 27.7 Å². The molecular formula is C22H30N4O4S. The quantitative estimate of drug-likeness (QED) is 0.729. The van der Waals surface area contributed by atoms with Crippen molar-refractivity contribution >= 4 is 29.0 Å². The van der Waals surface area contributed by atoms with Crippen LogP contribution >= 0.6 is 11.3 Å². The van der Waals surface area contributed by atoms with Gasteiger partial charge in [-0.05, 0) is 52.0 Å². The van der Waals surface area contributed by atoms with Crippen LogP contribution in [0.1, 0.15) is 43.2 Å². The van der Waals surface area contributed by atoms with E-state index in [0.29, 0.717) is 31.0 Å². The SMILES string of the molecule is COc1ccc(NC(=O)N(Cc2nc(C(=O)N3CC(C)OC(C)C3)cs2)C(C)C)cc1. The molecule has 3 amide bonds. The number of amides is 3. The average molecular weight is 447 g/mol. The van der Waals surface area contributed by atoms with Gasteiger partial charge >= 0.3 is 6.03 Å². The van der Waals surface area contributed by atoms with Crippen molar-refractivity contribution in [3.8, 4) is 5.75 Å². The maximum Gasteiger partial charge on any atom is 0.322 e. The highest BCUT2D eigenvalue weighted by molar-refractivity contribution is 7.09. The minimum Gasteiger partial charge on any atom is -0.497 e. The zero-order chi connectivity index (χ0) is 22.5. The van der Waals surface area contributed by atoms with E-state index in [0.717, 1.165) is 10.8 Å². The number of rotatable bonds is 6. The molecule has 1 aliphatic rings. The van der Waals surface area contributed by atoms with Gasteiger partial charge in [0, 0.05) is 30.2 Å². The Bertz CT molecular complexity index is 889. The molecule has 8 nitrogen and oxygen atoms in total. The molecule has 168 valence electrons. The fourth-order valence-electron chi connectivity index (χ4n) is 3.49. The summed E-state index contributed by atoms with van der Waals surface area (Å²) in [6, 6.07) is 6.91. The Hall–Kier alpha value is -2.65. The maximum atomic E-state index is 12.9. The molecule has 1 saturated heterocycles. The minimum absolute atomic E-state index is 0.00360. The first-order valence-electron chi connectivity index (χ1n) is 10.4. The molecule has 0 saturated carbocycles. The second kappa shape index (κ2) is 10.1. The van der Waals surface area contributed by atoms with E-state index in [1.54, 1.807) is 46.6 Å². The Balaban J connectivity index is 1.65. The molecule has 1 fully saturated rings. The summed E-state index contributed by atoms with van der Waals surface area (Å²) in [4.78, 5) is 33.7. The van der Waals surface area contributed by atoms with Crippen LogP contribution < -0.4 is 10.1 Å². The molecule has 2 aromatic rings. The van der Waals surface area contributed by atoms with Gasteiger partial charge in [-0.15, -0.1) is 11.3 Å². The third-order valence-corrected chi connectivity index (χ3v) is 5.84. The number of benzene rings is 1. The first kappa shape index (κ1) is 23.0. The first-order chi connectivity index (χ1) is 14.8. The lowest BCUT2D eigenvalue weighted by Gasteiger charge is -2.34. The summed E-state index contributed by atoms with van der Waals surface area (Å²) in [6.07, 6.45) is 0.00720. The van der Waals surface area contributed by atoms with Crippen molar-refractivity contribution in [2.75, 3.05) is 25.5 Å². The lowest BCUT2D eigenvalue weighted by molar-refractivity contribution is -0.0587. The Morgan fingerprint density at radius 1 is 1.26 bits per heavy atom. The minimum atomic E-state index is -0.223. The highest BCUT2D eigenvalue weighted by Gasteiger charge is 2.28. The predicted molar refractivity (Wildman–Crippen MR) is 121 cm³/mol. The third-order valence-electron chi connectivity index (χ3n) is 5.01. The Morgan fingerprint density at radius 2 is 1.90 bits per heavy atom. The number of hydrogen-bond acceptors (Lipinski definition) is 6. The maximum absolute atomic E-state index is 12.9. The van der Waals surface area contributed by atoms with Gasteiger partial charge in [-0.3, -0.25) is 4.79 Å². The number of hydrogen-bond donors (Lipinski definition) is 1. The second-order valence-electron chi connectivity index (χ2n) is 7.97. The van der Waals surface area contributed by atoms with E-state index < -0.39 is 0 Å². The summed E-state index contributed by atoms with van der Waals surface area (Å²) < 4.78 is 10.9. The van der Waals surface area contributed by atoms with E-state index in [9.17, 15) is 9.59 Å². The largest absolute Gasteiger partial charge is 0.497 e. The van der Waals surface area contributed by atoms with Crippen molar-refractivity contribution < 1.29 is 19.1 Å². The molecule has 9 heteroatoms. The van der Waals surface area contributed by atoms with Crippen molar-refractivity contribution in [1.29, 1.82) is 0 Å². The zero-order valence-electron chi connectivity index (χ0n) is 18.6. The van der Waals surface area contributed by atoms with Gasteiger partial charge in [-0.2, -0.15) is 0 Å². The summed E-state index contributed by atoms with van der Waals surface area (Å²) in [5.41, 5.74) is 1.10. The Kier molecular flexibility index (Phi) is 7.50. The van der Waals surface area contributed by atoms with Crippen molar-refractivity contribution in [2.45, 2.75) is 52.5 Å². The summed E-state index contributed by atoms with van der Waals surface area (Å²) >= 11 is 1.39. The van der Waals surface area contributed by atoms with Gasteiger partial charge in [0.15, 0.2) is 0 Å². The molecule has 0 radical (unpaired) electrons. The fourth-order valence-corrected chi connectivity index (χ4v) is 4.26. The summed E-state index contributed by atoms with van der Waals surface area (Å²) in [5.74, 6) is 0.631. The van der Waals surface area contributed by atoms with Gasteiger partial charge in [-0.1, -0.05) is 0 Å². The number of carbonyl (C=O) groups is 2. The van der Waals surface area contributed by atoms with Crippen LogP contribution in [0.2, 0.25) is 0 Å². The van der Waals surface area contributed by atoms with Crippen LogP contribution in [0.15, 0.2) is 29.6 Å². The van der Waals surface area contributed by atoms with E-state index in [2.05, 4.69) is 10.3 Å². The summed E-state index contributed by atoms with van der Waals surface area (Å²) in [7, 11) is 1.60. The zero-order valence-corrected chi connectivity index (χ0v) is 19.4. The van der Waals surface area contributed by atoms with Gasteiger partial charge in [0.2, 0.25) is 0 Å². The van der Waals surface area contributed by atoms with E-state index in [4.69, 9.17) is 9.47 Å². The van der Waals surface area contributed by atoms with Crippen LogP contribution in [-0.4, -0.2) is 65.2 Å². The van der Waals surface area contributed by atoms with Crippen molar-refractivity contribution in [1.82, 2.24) is 14.8 Å². The number of methoxy groups -OCH3 is 1. The molecule has 0 spiro atoms. The van der Waals surface area contributed by atoms with Crippen molar-refractivity contribution in [3.05, 3.63) is 40.3 Å². The van der Waals surface area contributed by atoms with Gasteiger partial charge in [0.25, 0.3) is 5.91 Å². The van der Waals surface area contributed by atoms with Crippen LogP contribution in [0.5, 0.6) is 5.75 Å². The first-order valence-corrected chi connectivity index (χ1v) is 11.3. The molecule has 1 aromatic heterocycles. The van der Waals surface area contributed by atoms with Crippen molar-refractivity contribution in [2.24, 2.45) is 0 Å². The van der Waals surface area contributed by atoms with Gasteiger partial charge < -0.3 is 24.6 Å². The van der Waals surface area contributed by atoms with Crippen LogP contribution in [0, 0.1) is 0 Å². The van der Waals surface area contributed by atoms with Gasteiger partial charge in [0.1, 0.15) is 16.5 Å². The Labute approximate surface area is 187 Å². The highest BCUT2D eigenvalue weighted by Crippen LogP contribution is 2.20. The van der Waals surface area contributed by atoms with E-state index in [-0.39, 0.29) is 30.2 Å². The molecule has 1 aliphatic heterocycles. The number of aromatic nitrogens is 1. The van der Waals surface area contributed by atoms with E-state index >= 15 is 0 Å². The van der Waals surface area contributed by atoms with E-state index in [1.165, 1.54) is 11.3 Å². The van der Waals surface area contributed by atoms with Crippen LogP contribution in [0.25, 0.3) is 0 Å². The summed E-state index contributed by atoms with van der Waals surface area (Å²) in [5, 5.41) is 5.39. The number of morpholine rings is 1. The molecule has 31 heavy (non-hydrogen) atoms. The molecule has 2 heterocycles. The highest BCUT2D eigenvalue weighted by atomic mass is 32.1. The smallest absolute Gasteiger partial charge is 0.322 e. The lowest BCUT2D eigenvalue weighted by Crippen LogP contribution is -2.48. The molecule has 0 bridgehead atoms. The number of carbonyl (C=O) groups excluding carboxylic acids is 2. The number of thiazole rings is 1. The number of anilines is 1. The van der Waals surface area contributed by atoms with Gasteiger partial charge in [0.05, 0.1) is 25.9 Å². The second-order valence-corrected chi connectivity index (χ2v) is 8.92. The predicted octanol–water partition coefficient (Wildman–Crippen LogP) is 3.84. The topological polar surface area (TPSA) is 84.0 Å². The molecular weight excluding hydrogens is 416 g/mol. The molecule has 2 unspecified atom stereocenters.